The first-order valence-corrected chi connectivity index (χ1v) is 8.81. The van der Waals surface area contributed by atoms with E-state index in [1.54, 1.807) is 0 Å². The van der Waals surface area contributed by atoms with Crippen molar-refractivity contribution in [3.05, 3.63) is 64.7 Å². The van der Waals surface area contributed by atoms with Gasteiger partial charge in [-0.05, 0) is 47.5 Å². The third kappa shape index (κ3) is 2.57. The Balaban J connectivity index is 2.38. The highest BCUT2D eigenvalue weighted by atomic mass is 32.1. The first kappa shape index (κ1) is 15.3. The zero-order chi connectivity index (χ0) is 15.7. The molecule has 1 unspecified atom stereocenters. The molecular formula is C20H19PS. The molecule has 3 rings (SSSR count). The normalized spacial score (nSPS) is 10.7. The van der Waals surface area contributed by atoms with Crippen molar-refractivity contribution in [1.82, 2.24) is 0 Å². The molecular weight excluding hydrogens is 303 g/mol. The van der Waals surface area contributed by atoms with Crippen LogP contribution in [0.3, 0.4) is 0 Å². The molecule has 1 atom stereocenters. The van der Waals surface area contributed by atoms with E-state index in [1.807, 2.05) is 17.4 Å². The van der Waals surface area contributed by atoms with Crippen LogP contribution in [0.5, 0.6) is 0 Å². The molecule has 0 saturated carbocycles. The smallest absolute Gasteiger partial charge is 0.0438 e. The van der Waals surface area contributed by atoms with Crippen LogP contribution < -0.4 is 5.30 Å². The number of benzene rings is 2. The Hall–Kier alpha value is -1.65. The molecule has 22 heavy (non-hydrogen) atoms. The minimum atomic E-state index is 1.06. The zero-order valence-electron chi connectivity index (χ0n) is 12.9. The molecule has 0 bridgehead atoms. The summed E-state index contributed by atoms with van der Waals surface area (Å²) in [4.78, 5) is 1.23. The topological polar surface area (TPSA) is 0 Å². The molecule has 0 radical (unpaired) electrons. The second-order valence-corrected chi connectivity index (χ2v) is 7.14. The summed E-state index contributed by atoms with van der Waals surface area (Å²) in [6.45, 7) is 8.19. The minimum absolute atomic E-state index is 1.06. The molecule has 0 aliphatic heterocycles. The minimum Gasteiger partial charge on any atom is -0.134 e. The highest BCUT2D eigenvalue weighted by Crippen LogP contribution is 2.41. The summed E-state index contributed by atoms with van der Waals surface area (Å²) in [5.41, 5.74) is 8.37. The molecule has 0 N–H and O–H groups in total. The van der Waals surface area contributed by atoms with Gasteiger partial charge in [0.2, 0.25) is 0 Å². The zero-order valence-corrected chi connectivity index (χ0v) is 14.9. The number of thiophene rings is 1. The molecule has 1 heterocycles. The predicted octanol–water partition coefficient (Wildman–Crippen LogP) is 5.74. The van der Waals surface area contributed by atoms with Crippen LogP contribution in [-0.2, 0) is 6.42 Å². The van der Waals surface area contributed by atoms with Crippen molar-refractivity contribution in [2.24, 2.45) is 0 Å². The van der Waals surface area contributed by atoms with Gasteiger partial charge in [0.25, 0.3) is 0 Å². The van der Waals surface area contributed by atoms with Gasteiger partial charge in [0.1, 0.15) is 0 Å². The van der Waals surface area contributed by atoms with Gasteiger partial charge in [0.15, 0.2) is 0 Å². The fourth-order valence-electron chi connectivity index (χ4n) is 2.94. The lowest BCUT2D eigenvalue weighted by Crippen LogP contribution is -1.91. The fraction of sp³-hybridized carbons (Fsp3) is 0.150. The van der Waals surface area contributed by atoms with Crippen LogP contribution in [0.2, 0.25) is 0 Å². The van der Waals surface area contributed by atoms with E-state index in [0.717, 1.165) is 6.42 Å². The standard InChI is InChI=1S/C20H19PS/c1-4-7-18-20(16-9-6-8-14(5-2)13(16)3)17-11-10-15(21)12-19(17)22-18/h6-12H,1,5,21H2,2-3H3. The Morgan fingerprint density at radius 1 is 1.27 bits per heavy atom. The van der Waals surface area contributed by atoms with Gasteiger partial charge in [-0.2, -0.15) is 0 Å². The first-order chi connectivity index (χ1) is 10.7. The number of aryl methyl sites for hydroxylation is 1. The Labute approximate surface area is 138 Å². The van der Waals surface area contributed by atoms with Gasteiger partial charge in [-0.15, -0.1) is 26.3 Å². The number of rotatable bonds is 3. The third-order valence-corrected chi connectivity index (χ3v) is 5.53. The van der Waals surface area contributed by atoms with Crippen LogP contribution in [0.1, 0.15) is 22.9 Å². The van der Waals surface area contributed by atoms with Crippen molar-refractivity contribution >= 4 is 42.0 Å². The van der Waals surface area contributed by atoms with Crippen LogP contribution in [0, 0.1) is 6.92 Å². The molecule has 0 fully saturated rings. The molecule has 2 heteroatoms. The quantitative estimate of drug-likeness (QED) is 0.426. The maximum absolute atomic E-state index is 3.76. The summed E-state index contributed by atoms with van der Waals surface area (Å²) in [5, 5.41) is 2.53. The summed E-state index contributed by atoms with van der Waals surface area (Å²) in [6.07, 6.45) is 3.06. The van der Waals surface area contributed by atoms with Gasteiger partial charge in [-0.25, -0.2) is 0 Å². The lowest BCUT2D eigenvalue weighted by molar-refractivity contribution is 1.11. The molecule has 2 aromatic carbocycles. The molecule has 110 valence electrons. The largest absolute Gasteiger partial charge is 0.134 e. The van der Waals surface area contributed by atoms with Crippen LogP contribution in [0.25, 0.3) is 27.3 Å². The van der Waals surface area contributed by atoms with Crippen molar-refractivity contribution in [1.29, 1.82) is 0 Å². The van der Waals surface area contributed by atoms with Gasteiger partial charge < -0.3 is 0 Å². The first-order valence-electron chi connectivity index (χ1n) is 7.42. The lowest BCUT2D eigenvalue weighted by atomic mass is 9.93. The van der Waals surface area contributed by atoms with E-state index in [-0.39, 0.29) is 0 Å². The second-order valence-electron chi connectivity index (χ2n) is 5.39. The molecule has 0 nitrogen and oxygen atoms in total. The van der Waals surface area contributed by atoms with Gasteiger partial charge in [-0.3, -0.25) is 0 Å². The van der Waals surface area contributed by atoms with E-state index in [1.165, 1.54) is 42.5 Å². The van der Waals surface area contributed by atoms with Crippen LogP contribution in [0.15, 0.2) is 48.7 Å². The van der Waals surface area contributed by atoms with Crippen molar-refractivity contribution in [3.63, 3.8) is 0 Å². The third-order valence-electron chi connectivity index (χ3n) is 4.07. The second kappa shape index (κ2) is 6.23. The summed E-state index contributed by atoms with van der Waals surface area (Å²) in [5.74, 6) is 0. The lowest BCUT2D eigenvalue weighted by Gasteiger charge is -2.11. The summed E-state index contributed by atoms with van der Waals surface area (Å²) in [7, 11) is 2.78. The van der Waals surface area contributed by atoms with E-state index in [0.29, 0.717) is 0 Å². The Bertz CT molecular complexity index is 895. The highest BCUT2D eigenvalue weighted by molar-refractivity contribution is 7.28. The van der Waals surface area contributed by atoms with Crippen molar-refractivity contribution in [2.75, 3.05) is 0 Å². The van der Waals surface area contributed by atoms with E-state index in [2.05, 4.69) is 71.8 Å². The molecule has 0 aliphatic rings. The number of hydrogen-bond donors (Lipinski definition) is 0. The highest BCUT2D eigenvalue weighted by Gasteiger charge is 2.15. The predicted molar refractivity (Wildman–Crippen MR) is 104 cm³/mol. The molecule has 0 aliphatic carbocycles. The average Bonchev–Trinajstić information content (AvgIpc) is 2.85. The van der Waals surface area contributed by atoms with E-state index >= 15 is 0 Å². The summed E-state index contributed by atoms with van der Waals surface area (Å²) in [6, 6.07) is 13.2. The molecule has 0 saturated heterocycles. The van der Waals surface area contributed by atoms with Crippen molar-refractivity contribution in [2.45, 2.75) is 20.3 Å². The molecule has 0 amide bonds. The van der Waals surface area contributed by atoms with Crippen LogP contribution >= 0.6 is 20.6 Å². The fourth-order valence-corrected chi connectivity index (χ4v) is 4.50. The number of hydrogen-bond acceptors (Lipinski definition) is 1. The van der Waals surface area contributed by atoms with E-state index < -0.39 is 0 Å². The summed E-state index contributed by atoms with van der Waals surface area (Å²) >= 11 is 1.81. The SMILES string of the molecule is C=C=Cc1sc2cc(P)ccc2c1-c1cccc(CC)c1C. The molecule has 0 spiro atoms. The molecule has 1 aromatic heterocycles. The summed E-state index contributed by atoms with van der Waals surface area (Å²) < 4.78 is 1.31. The van der Waals surface area contributed by atoms with Gasteiger partial charge in [-0.1, -0.05) is 43.8 Å². The van der Waals surface area contributed by atoms with Crippen LogP contribution in [0.4, 0.5) is 0 Å². The average molecular weight is 322 g/mol. The maximum Gasteiger partial charge on any atom is 0.0438 e. The Morgan fingerprint density at radius 2 is 2.09 bits per heavy atom. The van der Waals surface area contributed by atoms with E-state index in [9.17, 15) is 0 Å². The monoisotopic (exact) mass is 322 g/mol. The van der Waals surface area contributed by atoms with Gasteiger partial charge in [0.05, 0.1) is 0 Å². The van der Waals surface area contributed by atoms with Crippen LogP contribution in [-0.4, -0.2) is 0 Å². The Morgan fingerprint density at radius 3 is 2.82 bits per heavy atom. The van der Waals surface area contributed by atoms with Crippen molar-refractivity contribution < 1.29 is 0 Å². The van der Waals surface area contributed by atoms with Gasteiger partial charge >= 0.3 is 0 Å². The van der Waals surface area contributed by atoms with E-state index in [4.69, 9.17) is 0 Å². The Kier molecular flexibility index (Phi) is 4.32. The number of fused-ring (bicyclic) bond motifs is 1. The van der Waals surface area contributed by atoms with Gasteiger partial charge in [0, 0.05) is 20.5 Å². The van der Waals surface area contributed by atoms with Crippen molar-refractivity contribution in [3.8, 4) is 11.1 Å². The molecule has 3 aromatic rings. The maximum atomic E-state index is 3.76.